The van der Waals surface area contributed by atoms with E-state index in [0.29, 0.717) is 19.6 Å². The maximum atomic E-state index is 10.8. The molecule has 0 saturated heterocycles. The van der Waals surface area contributed by atoms with Gasteiger partial charge in [-0.2, -0.15) is 0 Å². The van der Waals surface area contributed by atoms with Crippen molar-refractivity contribution in [2.75, 3.05) is 13.2 Å². The van der Waals surface area contributed by atoms with Crippen LogP contribution in [0, 0.1) is 0 Å². The minimum Gasteiger partial charge on any atom is -0.493 e. The van der Waals surface area contributed by atoms with Crippen LogP contribution in [0.1, 0.15) is 6.42 Å². The third-order valence-corrected chi connectivity index (χ3v) is 2.71. The van der Waals surface area contributed by atoms with Crippen LogP contribution in [0.25, 0.3) is 10.8 Å². The first-order valence-electron chi connectivity index (χ1n) is 6.21. The summed E-state index contributed by atoms with van der Waals surface area (Å²) in [5.74, 6) is 0.457. The average Bonchev–Trinajstić information content (AvgIpc) is 2.46. The van der Waals surface area contributed by atoms with E-state index in [-0.39, 0.29) is 0 Å². The van der Waals surface area contributed by atoms with Crippen molar-refractivity contribution >= 4 is 16.7 Å². The molecule has 0 aliphatic heterocycles. The van der Waals surface area contributed by atoms with Gasteiger partial charge in [-0.1, -0.05) is 43.0 Å². The molecule has 0 aliphatic carbocycles. The van der Waals surface area contributed by atoms with E-state index in [1.54, 1.807) is 0 Å². The molecule has 0 saturated carbocycles. The van der Waals surface area contributed by atoms with Gasteiger partial charge in [0.05, 0.1) is 13.2 Å². The van der Waals surface area contributed by atoms with E-state index in [1.165, 1.54) is 0 Å². The molecule has 0 spiro atoms. The van der Waals surface area contributed by atoms with Gasteiger partial charge in [0.15, 0.2) is 0 Å². The number of rotatable bonds is 6. The van der Waals surface area contributed by atoms with Gasteiger partial charge in [0.2, 0.25) is 0 Å². The van der Waals surface area contributed by atoms with Crippen molar-refractivity contribution in [3.63, 3.8) is 0 Å². The molecule has 0 N–H and O–H groups in total. The van der Waals surface area contributed by atoms with Crippen molar-refractivity contribution in [1.82, 2.24) is 0 Å². The summed E-state index contributed by atoms with van der Waals surface area (Å²) >= 11 is 0. The van der Waals surface area contributed by atoms with Crippen molar-refractivity contribution in [3.8, 4) is 5.75 Å². The average molecular weight is 256 g/mol. The van der Waals surface area contributed by atoms with Crippen molar-refractivity contribution in [3.05, 3.63) is 55.1 Å². The lowest BCUT2D eigenvalue weighted by molar-refractivity contribution is -0.137. The van der Waals surface area contributed by atoms with Crippen LogP contribution in [0.2, 0.25) is 0 Å². The zero-order valence-corrected chi connectivity index (χ0v) is 10.7. The normalized spacial score (nSPS) is 10.1. The smallest absolute Gasteiger partial charge is 0.330 e. The quantitative estimate of drug-likeness (QED) is 0.452. The van der Waals surface area contributed by atoms with Crippen molar-refractivity contribution in [2.45, 2.75) is 6.42 Å². The van der Waals surface area contributed by atoms with Gasteiger partial charge < -0.3 is 9.47 Å². The van der Waals surface area contributed by atoms with Crippen LogP contribution in [-0.2, 0) is 9.53 Å². The SMILES string of the molecule is C=CC(=O)OCCCOc1cccc2ccccc12. The fourth-order valence-corrected chi connectivity index (χ4v) is 1.79. The van der Waals surface area contributed by atoms with Gasteiger partial charge in [0, 0.05) is 17.9 Å². The maximum Gasteiger partial charge on any atom is 0.330 e. The molecule has 0 aliphatic rings. The molecule has 2 aromatic carbocycles. The molecule has 0 unspecified atom stereocenters. The van der Waals surface area contributed by atoms with Gasteiger partial charge in [0.25, 0.3) is 0 Å². The predicted octanol–water partition coefficient (Wildman–Crippen LogP) is 3.34. The van der Waals surface area contributed by atoms with Crippen LogP contribution in [0.3, 0.4) is 0 Å². The highest BCUT2D eigenvalue weighted by atomic mass is 16.5. The third-order valence-electron chi connectivity index (χ3n) is 2.71. The molecule has 2 rings (SSSR count). The zero-order valence-electron chi connectivity index (χ0n) is 10.7. The van der Waals surface area contributed by atoms with Crippen LogP contribution in [0.15, 0.2) is 55.1 Å². The van der Waals surface area contributed by atoms with Gasteiger partial charge in [0.1, 0.15) is 5.75 Å². The lowest BCUT2D eigenvalue weighted by Gasteiger charge is -2.09. The van der Waals surface area contributed by atoms with E-state index in [2.05, 4.69) is 6.58 Å². The Morgan fingerprint density at radius 3 is 2.74 bits per heavy atom. The van der Waals surface area contributed by atoms with Gasteiger partial charge >= 0.3 is 5.97 Å². The van der Waals surface area contributed by atoms with E-state index in [0.717, 1.165) is 22.6 Å². The number of hydrogen-bond donors (Lipinski definition) is 0. The number of fused-ring (bicyclic) bond motifs is 1. The summed E-state index contributed by atoms with van der Waals surface area (Å²) in [4.78, 5) is 10.8. The van der Waals surface area contributed by atoms with Crippen LogP contribution >= 0.6 is 0 Å². The molecule has 0 heterocycles. The largest absolute Gasteiger partial charge is 0.493 e. The Labute approximate surface area is 112 Å². The standard InChI is InChI=1S/C16H16O3/c1-2-16(17)19-12-6-11-18-15-10-5-8-13-7-3-4-9-14(13)15/h2-5,7-10H,1,6,11-12H2. The monoisotopic (exact) mass is 256 g/mol. The molecule has 0 bridgehead atoms. The predicted molar refractivity (Wildman–Crippen MR) is 75.2 cm³/mol. The summed E-state index contributed by atoms with van der Waals surface area (Å²) in [5.41, 5.74) is 0. The molecular weight excluding hydrogens is 240 g/mol. The molecule has 0 atom stereocenters. The molecule has 19 heavy (non-hydrogen) atoms. The number of esters is 1. The van der Waals surface area contributed by atoms with Crippen molar-refractivity contribution in [2.24, 2.45) is 0 Å². The van der Waals surface area contributed by atoms with E-state index < -0.39 is 5.97 Å². The molecular formula is C16H16O3. The minimum absolute atomic E-state index is 0.343. The van der Waals surface area contributed by atoms with Gasteiger partial charge in [-0.15, -0.1) is 0 Å². The first-order valence-corrected chi connectivity index (χ1v) is 6.21. The highest BCUT2D eigenvalue weighted by Gasteiger charge is 2.01. The Kier molecular flexibility index (Phi) is 4.56. The number of ether oxygens (including phenoxy) is 2. The van der Waals surface area contributed by atoms with Crippen molar-refractivity contribution < 1.29 is 14.3 Å². The summed E-state index contributed by atoms with van der Waals surface area (Å²) in [5, 5.41) is 2.24. The molecule has 0 fully saturated rings. The summed E-state index contributed by atoms with van der Waals surface area (Å²) in [6, 6.07) is 14.0. The molecule has 0 aromatic heterocycles. The second kappa shape index (κ2) is 6.59. The number of carbonyl (C=O) groups excluding carboxylic acids is 1. The van der Waals surface area contributed by atoms with Crippen LogP contribution < -0.4 is 4.74 Å². The fourth-order valence-electron chi connectivity index (χ4n) is 1.79. The van der Waals surface area contributed by atoms with Crippen LogP contribution in [0.4, 0.5) is 0 Å². The fraction of sp³-hybridized carbons (Fsp3) is 0.188. The summed E-state index contributed by atoms with van der Waals surface area (Å²) in [7, 11) is 0. The molecule has 98 valence electrons. The van der Waals surface area contributed by atoms with Crippen LogP contribution in [0.5, 0.6) is 5.75 Å². The van der Waals surface area contributed by atoms with E-state index in [9.17, 15) is 4.79 Å². The van der Waals surface area contributed by atoms with Gasteiger partial charge in [-0.05, 0) is 11.5 Å². The minimum atomic E-state index is -0.398. The van der Waals surface area contributed by atoms with Crippen molar-refractivity contribution in [1.29, 1.82) is 0 Å². The summed E-state index contributed by atoms with van der Waals surface area (Å²) in [6.45, 7) is 4.19. The van der Waals surface area contributed by atoms with E-state index in [1.807, 2.05) is 42.5 Å². The third kappa shape index (κ3) is 3.58. The van der Waals surface area contributed by atoms with E-state index in [4.69, 9.17) is 9.47 Å². The highest BCUT2D eigenvalue weighted by Crippen LogP contribution is 2.25. The second-order valence-corrected chi connectivity index (χ2v) is 4.05. The zero-order chi connectivity index (χ0) is 13.5. The molecule has 3 heteroatoms. The Bertz CT molecular complexity index is 570. The Hall–Kier alpha value is -2.29. The number of carbonyl (C=O) groups is 1. The topological polar surface area (TPSA) is 35.5 Å². The summed E-state index contributed by atoms with van der Waals surface area (Å²) < 4.78 is 10.6. The van der Waals surface area contributed by atoms with Crippen LogP contribution in [-0.4, -0.2) is 19.2 Å². The summed E-state index contributed by atoms with van der Waals surface area (Å²) in [6.07, 6.45) is 1.81. The highest BCUT2D eigenvalue weighted by molar-refractivity contribution is 5.88. The Morgan fingerprint density at radius 1 is 1.11 bits per heavy atom. The molecule has 0 radical (unpaired) electrons. The van der Waals surface area contributed by atoms with E-state index >= 15 is 0 Å². The Morgan fingerprint density at radius 2 is 1.89 bits per heavy atom. The first kappa shape index (κ1) is 13.1. The molecule has 2 aromatic rings. The lowest BCUT2D eigenvalue weighted by atomic mass is 10.1. The van der Waals surface area contributed by atoms with Gasteiger partial charge in [-0.25, -0.2) is 4.79 Å². The second-order valence-electron chi connectivity index (χ2n) is 4.05. The first-order chi connectivity index (χ1) is 9.31. The number of hydrogen-bond acceptors (Lipinski definition) is 3. The number of benzene rings is 2. The molecule has 0 amide bonds. The van der Waals surface area contributed by atoms with Gasteiger partial charge in [-0.3, -0.25) is 0 Å². The molecule has 3 nitrogen and oxygen atoms in total. The maximum absolute atomic E-state index is 10.8. The Balaban J connectivity index is 1.88. The lowest BCUT2D eigenvalue weighted by Crippen LogP contribution is -2.06.